The molecule has 1 aromatic rings. The van der Waals surface area contributed by atoms with Crippen molar-refractivity contribution in [2.24, 2.45) is 5.92 Å². The highest BCUT2D eigenvalue weighted by Gasteiger charge is 2.09. The summed E-state index contributed by atoms with van der Waals surface area (Å²) >= 11 is 0. The van der Waals surface area contributed by atoms with Crippen molar-refractivity contribution in [1.82, 2.24) is 5.32 Å². The Hall–Kier alpha value is -2.10. The minimum absolute atomic E-state index is 0.155. The van der Waals surface area contributed by atoms with E-state index in [2.05, 4.69) is 11.4 Å². The van der Waals surface area contributed by atoms with E-state index in [9.17, 15) is 9.59 Å². The largest absolute Gasteiger partial charge is 0.481 e. The maximum atomic E-state index is 11.7. The molecule has 1 aromatic carbocycles. The Morgan fingerprint density at radius 2 is 2.05 bits per heavy atom. The van der Waals surface area contributed by atoms with Crippen LogP contribution in [-0.4, -0.2) is 23.5 Å². The average molecular weight is 289 g/mol. The molecule has 1 unspecified atom stereocenters. The lowest BCUT2D eigenvalue weighted by atomic mass is 10.1. The highest BCUT2D eigenvalue weighted by molar-refractivity contribution is 5.91. The third kappa shape index (κ3) is 6.25. The maximum Gasteiger partial charge on any atom is 0.306 e. The molecule has 1 atom stereocenters. The lowest BCUT2D eigenvalue weighted by Gasteiger charge is -2.06. The molecule has 4 nitrogen and oxygen atoms in total. The van der Waals surface area contributed by atoms with Gasteiger partial charge in [-0.25, -0.2) is 0 Å². The Balaban J connectivity index is 2.36. The third-order valence-electron chi connectivity index (χ3n) is 3.37. The van der Waals surface area contributed by atoms with Crippen molar-refractivity contribution >= 4 is 18.0 Å². The minimum Gasteiger partial charge on any atom is -0.481 e. The van der Waals surface area contributed by atoms with E-state index in [1.165, 1.54) is 11.6 Å². The first-order valence-electron chi connectivity index (χ1n) is 7.16. The van der Waals surface area contributed by atoms with Gasteiger partial charge in [-0.3, -0.25) is 9.59 Å². The molecule has 0 aliphatic rings. The van der Waals surface area contributed by atoms with E-state index in [-0.39, 0.29) is 11.8 Å². The molecule has 0 heterocycles. The number of aliphatic carboxylic acids is 1. The molecule has 0 bridgehead atoms. The molecule has 0 saturated heterocycles. The highest BCUT2D eigenvalue weighted by atomic mass is 16.4. The van der Waals surface area contributed by atoms with Gasteiger partial charge in [-0.05, 0) is 43.9 Å². The van der Waals surface area contributed by atoms with Crippen molar-refractivity contribution < 1.29 is 14.7 Å². The molecule has 1 amide bonds. The van der Waals surface area contributed by atoms with Crippen LogP contribution in [0.4, 0.5) is 0 Å². The maximum absolute atomic E-state index is 11.7. The van der Waals surface area contributed by atoms with Crippen LogP contribution in [0.15, 0.2) is 24.3 Å². The van der Waals surface area contributed by atoms with E-state index in [1.54, 1.807) is 13.0 Å². The summed E-state index contributed by atoms with van der Waals surface area (Å²) < 4.78 is 0. The fraction of sp³-hybridized carbons (Fsp3) is 0.412. The predicted octanol–water partition coefficient (Wildman–Crippen LogP) is 2.93. The Morgan fingerprint density at radius 3 is 2.67 bits per heavy atom. The van der Waals surface area contributed by atoms with Crippen LogP contribution >= 0.6 is 0 Å². The number of rotatable bonds is 7. The van der Waals surface area contributed by atoms with Gasteiger partial charge in [0.15, 0.2) is 0 Å². The number of nitrogens with one attached hydrogen (secondary N) is 1. The summed E-state index contributed by atoms with van der Waals surface area (Å²) in [7, 11) is 0. The van der Waals surface area contributed by atoms with E-state index in [0.29, 0.717) is 19.4 Å². The molecule has 0 fully saturated rings. The number of hydrogen-bond donors (Lipinski definition) is 2. The first-order chi connectivity index (χ1) is 9.90. The minimum atomic E-state index is -0.795. The number of carboxylic acids is 1. The molecule has 0 saturated carbocycles. The molecular weight excluding hydrogens is 266 g/mol. The van der Waals surface area contributed by atoms with Gasteiger partial charge in [0.05, 0.1) is 5.92 Å². The van der Waals surface area contributed by atoms with Gasteiger partial charge in [0.2, 0.25) is 5.91 Å². The Kier molecular flexibility index (Phi) is 6.66. The molecule has 0 radical (unpaired) electrons. The quantitative estimate of drug-likeness (QED) is 0.599. The molecule has 1 rings (SSSR count). The number of carbonyl (C=O) groups is 2. The van der Waals surface area contributed by atoms with Crippen LogP contribution in [0.25, 0.3) is 6.08 Å². The fourth-order valence-electron chi connectivity index (χ4n) is 1.98. The smallest absolute Gasteiger partial charge is 0.306 e. The molecule has 2 N–H and O–H groups in total. The van der Waals surface area contributed by atoms with E-state index >= 15 is 0 Å². The zero-order valence-electron chi connectivity index (χ0n) is 12.8. The summed E-state index contributed by atoms with van der Waals surface area (Å²) in [4.78, 5) is 22.3. The zero-order chi connectivity index (χ0) is 15.8. The van der Waals surface area contributed by atoms with Gasteiger partial charge < -0.3 is 10.4 Å². The number of carbonyl (C=O) groups excluding carboxylic acids is 1. The topological polar surface area (TPSA) is 66.4 Å². The van der Waals surface area contributed by atoms with Crippen molar-refractivity contribution in [3.8, 4) is 0 Å². The molecule has 114 valence electrons. The van der Waals surface area contributed by atoms with Crippen LogP contribution in [0, 0.1) is 19.8 Å². The first-order valence-corrected chi connectivity index (χ1v) is 7.16. The number of benzene rings is 1. The van der Waals surface area contributed by atoms with Gasteiger partial charge in [-0.1, -0.05) is 30.7 Å². The van der Waals surface area contributed by atoms with E-state index in [0.717, 1.165) is 11.1 Å². The van der Waals surface area contributed by atoms with Crippen molar-refractivity contribution in [2.45, 2.75) is 33.6 Å². The van der Waals surface area contributed by atoms with Crippen LogP contribution in [-0.2, 0) is 9.59 Å². The van der Waals surface area contributed by atoms with Crippen molar-refractivity contribution in [1.29, 1.82) is 0 Å². The SMILES string of the molecule is Cc1ccc(/C=C/C(=O)NCCCC(C)C(=O)O)c(C)c1. The number of aryl methyl sites for hydroxylation is 2. The highest BCUT2D eigenvalue weighted by Crippen LogP contribution is 2.12. The molecule has 4 heteroatoms. The summed E-state index contributed by atoms with van der Waals surface area (Å²) in [5.74, 6) is -1.32. The second-order valence-electron chi connectivity index (χ2n) is 5.37. The van der Waals surface area contributed by atoms with Gasteiger partial charge in [0, 0.05) is 12.6 Å². The van der Waals surface area contributed by atoms with E-state index in [1.807, 2.05) is 26.0 Å². The lowest BCUT2D eigenvalue weighted by Crippen LogP contribution is -2.23. The Bertz CT molecular complexity index is 535. The molecular formula is C17H23NO3. The summed E-state index contributed by atoms with van der Waals surface area (Å²) in [5, 5.41) is 11.5. The third-order valence-corrected chi connectivity index (χ3v) is 3.37. The molecule has 0 aliphatic heterocycles. The van der Waals surface area contributed by atoms with Crippen molar-refractivity contribution in [3.05, 3.63) is 41.0 Å². The second kappa shape index (κ2) is 8.25. The number of carboxylic acid groups (broad SMARTS) is 1. The Morgan fingerprint density at radius 1 is 1.33 bits per heavy atom. The van der Waals surface area contributed by atoms with Crippen LogP contribution < -0.4 is 5.32 Å². The molecule has 21 heavy (non-hydrogen) atoms. The summed E-state index contributed by atoms with van der Waals surface area (Å²) in [6, 6.07) is 6.08. The Labute approximate surface area is 125 Å². The molecule has 0 aliphatic carbocycles. The van der Waals surface area contributed by atoms with Gasteiger partial charge in [-0.2, -0.15) is 0 Å². The van der Waals surface area contributed by atoms with Crippen LogP contribution in [0.2, 0.25) is 0 Å². The van der Waals surface area contributed by atoms with E-state index < -0.39 is 5.97 Å². The monoisotopic (exact) mass is 289 g/mol. The van der Waals surface area contributed by atoms with Gasteiger partial charge >= 0.3 is 5.97 Å². The second-order valence-corrected chi connectivity index (χ2v) is 5.37. The van der Waals surface area contributed by atoms with Gasteiger partial charge in [-0.15, -0.1) is 0 Å². The lowest BCUT2D eigenvalue weighted by molar-refractivity contribution is -0.141. The predicted molar refractivity (Wildman–Crippen MR) is 84.0 cm³/mol. The average Bonchev–Trinajstić information content (AvgIpc) is 2.42. The van der Waals surface area contributed by atoms with E-state index in [4.69, 9.17) is 5.11 Å². The van der Waals surface area contributed by atoms with Gasteiger partial charge in [0.25, 0.3) is 0 Å². The molecule has 0 aromatic heterocycles. The first kappa shape index (κ1) is 17.0. The summed E-state index contributed by atoms with van der Waals surface area (Å²) in [6.45, 7) is 6.21. The fourth-order valence-corrected chi connectivity index (χ4v) is 1.98. The zero-order valence-corrected chi connectivity index (χ0v) is 12.8. The normalized spacial score (nSPS) is 12.3. The summed E-state index contributed by atoms with van der Waals surface area (Å²) in [6.07, 6.45) is 4.54. The van der Waals surface area contributed by atoms with Crippen LogP contribution in [0.3, 0.4) is 0 Å². The van der Waals surface area contributed by atoms with Crippen LogP contribution in [0.1, 0.15) is 36.5 Å². The van der Waals surface area contributed by atoms with Crippen molar-refractivity contribution in [2.75, 3.05) is 6.54 Å². The number of hydrogen-bond acceptors (Lipinski definition) is 2. The number of amides is 1. The van der Waals surface area contributed by atoms with Crippen LogP contribution in [0.5, 0.6) is 0 Å². The molecule has 0 spiro atoms. The standard InChI is InChI=1S/C17H23NO3/c1-12-6-7-15(14(3)11-12)8-9-16(19)18-10-4-5-13(2)17(20)21/h6-9,11,13H,4-5,10H2,1-3H3,(H,18,19)(H,20,21)/b9-8+. The van der Waals surface area contributed by atoms with Gasteiger partial charge in [0.1, 0.15) is 0 Å². The van der Waals surface area contributed by atoms with Crippen molar-refractivity contribution in [3.63, 3.8) is 0 Å². The summed E-state index contributed by atoms with van der Waals surface area (Å²) in [5.41, 5.74) is 3.35.